The summed E-state index contributed by atoms with van der Waals surface area (Å²) in [5.74, 6) is 0.925. The first kappa shape index (κ1) is 14.9. The summed E-state index contributed by atoms with van der Waals surface area (Å²) in [5, 5.41) is 6.94. The van der Waals surface area contributed by atoms with Crippen molar-refractivity contribution in [3.05, 3.63) is 0 Å². The Hall–Kier alpha value is -0.120. The molecule has 0 heterocycles. The van der Waals surface area contributed by atoms with E-state index in [1.807, 2.05) is 0 Å². The minimum Gasteiger partial charge on any atom is -0.383 e. The van der Waals surface area contributed by atoms with Crippen LogP contribution in [0.3, 0.4) is 0 Å². The Labute approximate surface area is 107 Å². The lowest BCUT2D eigenvalue weighted by Gasteiger charge is -2.20. The maximum absolute atomic E-state index is 4.99. The summed E-state index contributed by atoms with van der Waals surface area (Å²) in [7, 11) is 1.74. The van der Waals surface area contributed by atoms with E-state index in [-0.39, 0.29) is 0 Å². The number of hydrogen-bond donors (Lipinski definition) is 2. The molecule has 1 rings (SSSR count). The highest BCUT2D eigenvalue weighted by Crippen LogP contribution is 2.21. The summed E-state index contributed by atoms with van der Waals surface area (Å²) in [6.07, 6.45) is 10.1. The van der Waals surface area contributed by atoms with Gasteiger partial charge in [0.25, 0.3) is 0 Å². The van der Waals surface area contributed by atoms with Crippen molar-refractivity contribution in [1.29, 1.82) is 0 Å². The second kappa shape index (κ2) is 11.0. The van der Waals surface area contributed by atoms with Crippen LogP contribution in [0.25, 0.3) is 0 Å². The maximum Gasteiger partial charge on any atom is 0.0587 e. The molecular formula is C14H30N2O. The third kappa shape index (κ3) is 8.58. The number of rotatable bonds is 8. The van der Waals surface area contributed by atoms with Gasteiger partial charge in [0, 0.05) is 26.7 Å². The molecule has 0 unspecified atom stereocenters. The SMILES string of the molecule is COCCNCCNCC1CCCCCCC1. The van der Waals surface area contributed by atoms with Gasteiger partial charge in [-0.25, -0.2) is 0 Å². The summed E-state index contributed by atoms with van der Waals surface area (Å²) in [6, 6.07) is 0. The highest BCUT2D eigenvalue weighted by Gasteiger charge is 2.10. The number of ether oxygens (including phenoxy) is 1. The predicted molar refractivity (Wildman–Crippen MR) is 73.4 cm³/mol. The van der Waals surface area contributed by atoms with Gasteiger partial charge in [0.05, 0.1) is 6.61 Å². The zero-order chi connectivity index (χ0) is 12.2. The molecule has 0 spiro atoms. The van der Waals surface area contributed by atoms with Gasteiger partial charge in [0.15, 0.2) is 0 Å². The van der Waals surface area contributed by atoms with Gasteiger partial charge in [-0.15, -0.1) is 0 Å². The second-order valence-corrected chi connectivity index (χ2v) is 5.16. The van der Waals surface area contributed by atoms with Crippen LogP contribution in [0.5, 0.6) is 0 Å². The zero-order valence-corrected chi connectivity index (χ0v) is 11.5. The molecule has 0 aromatic carbocycles. The smallest absolute Gasteiger partial charge is 0.0587 e. The van der Waals surface area contributed by atoms with Crippen molar-refractivity contribution in [3.8, 4) is 0 Å². The highest BCUT2D eigenvalue weighted by atomic mass is 16.5. The van der Waals surface area contributed by atoms with Gasteiger partial charge in [-0.2, -0.15) is 0 Å². The van der Waals surface area contributed by atoms with E-state index in [9.17, 15) is 0 Å². The van der Waals surface area contributed by atoms with Crippen molar-refractivity contribution in [2.45, 2.75) is 44.9 Å². The first-order valence-corrected chi connectivity index (χ1v) is 7.34. The summed E-state index contributed by atoms with van der Waals surface area (Å²) in [6.45, 7) is 5.12. The lowest BCUT2D eigenvalue weighted by molar-refractivity contribution is 0.199. The summed E-state index contributed by atoms with van der Waals surface area (Å²) in [5.41, 5.74) is 0. The van der Waals surface area contributed by atoms with E-state index in [0.29, 0.717) is 0 Å². The predicted octanol–water partition coefficient (Wildman–Crippen LogP) is 2.17. The fourth-order valence-electron chi connectivity index (χ4n) is 2.53. The van der Waals surface area contributed by atoms with Crippen LogP contribution in [0.4, 0.5) is 0 Å². The largest absolute Gasteiger partial charge is 0.383 e. The molecule has 0 aliphatic heterocycles. The molecule has 0 aromatic heterocycles. The van der Waals surface area contributed by atoms with Crippen LogP contribution < -0.4 is 10.6 Å². The van der Waals surface area contributed by atoms with Crippen LogP contribution in [0.15, 0.2) is 0 Å². The molecule has 1 fully saturated rings. The minimum absolute atomic E-state index is 0.808. The zero-order valence-electron chi connectivity index (χ0n) is 11.5. The first-order valence-electron chi connectivity index (χ1n) is 7.34. The molecule has 0 radical (unpaired) electrons. The van der Waals surface area contributed by atoms with Crippen molar-refractivity contribution in [2.24, 2.45) is 5.92 Å². The van der Waals surface area contributed by atoms with Gasteiger partial charge in [-0.05, 0) is 25.3 Å². The third-order valence-corrected chi connectivity index (χ3v) is 3.62. The van der Waals surface area contributed by atoms with E-state index < -0.39 is 0 Å². The van der Waals surface area contributed by atoms with Crippen LogP contribution in [-0.4, -0.2) is 39.9 Å². The standard InChI is InChI=1S/C14H30N2O/c1-17-12-11-15-9-10-16-13-14-7-5-3-2-4-6-8-14/h14-16H,2-13H2,1H3. The van der Waals surface area contributed by atoms with Crippen LogP contribution in [0.1, 0.15) is 44.9 Å². The van der Waals surface area contributed by atoms with Gasteiger partial charge in [0.2, 0.25) is 0 Å². The van der Waals surface area contributed by atoms with E-state index in [1.165, 1.54) is 51.5 Å². The van der Waals surface area contributed by atoms with Gasteiger partial charge >= 0.3 is 0 Å². The van der Waals surface area contributed by atoms with Crippen LogP contribution in [-0.2, 0) is 4.74 Å². The third-order valence-electron chi connectivity index (χ3n) is 3.62. The van der Waals surface area contributed by atoms with E-state index >= 15 is 0 Å². The van der Waals surface area contributed by atoms with Crippen molar-refractivity contribution in [2.75, 3.05) is 39.9 Å². The number of hydrogen-bond acceptors (Lipinski definition) is 3. The van der Waals surface area contributed by atoms with Crippen molar-refractivity contribution in [1.82, 2.24) is 10.6 Å². The lowest BCUT2D eigenvalue weighted by atomic mass is 9.91. The van der Waals surface area contributed by atoms with Crippen LogP contribution in [0, 0.1) is 5.92 Å². The Kier molecular flexibility index (Phi) is 9.66. The normalized spacial score (nSPS) is 18.9. The molecule has 1 aliphatic carbocycles. The highest BCUT2D eigenvalue weighted by molar-refractivity contribution is 4.66. The quantitative estimate of drug-likeness (QED) is 0.640. The molecule has 102 valence electrons. The summed E-state index contributed by atoms with van der Waals surface area (Å²) < 4.78 is 4.99. The Bertz CT molecular complexity index is 156. The first-order chi connectivity index (χ1) is 8.43. The molecule has 0 atom stereocenters. The Balaban J connectivity index is 1.90. The van der Waals surface area contributed by atoms with Gasteiger partial charge in [0.1, 0.15) is 0 Å². The van der Waals surface area contributed by atoms with E-state index in [0.717, 1.165) is 32.2 Å². The molecule has 2 N–H and O–H groups in total. The van der Waals surface area contributed by atoms with E-state index in [2.05, 4.69) is 10.6 Å². The van der Waals surface area contributed by atoms with E-state index in [1.54, 1.807) is 7.11 Å². The second-order valence-electron chi connectivity index (χ2n) is 5.16. The molecular weight excluding hydrogens is 212 g/mol. The fourth-order valence-corrected chi connectivity index (χ4v) is 2.53. The summed E-state index contributed by atoms with van der Waals surface area (Å²) in [4.78, 5) is 0. The molecule has 0 saturated heterocycles. The monoisotopic (exact) mass is 242 g/mol. The number of methoxy groups -OCH3 is 1. The fraction of sp³-hybridized carbons (Fsp3) is 1.00. The topological polar surface area (TPSA) is 33.3 Å². The average molecular weight is 242 g/mol. The number of nitrogens with one attached hydrogen (secondary N) is 2. The van der Waals surface area contributed by atoms with Crippen molar-refractivity contribution < 1.29 is 4.74 Å². The maximum atomic E-state index is 4.99. The van der Waals surface area contributed by atoms with Crippen LogP contribution >= 0.6 is 0 Å². The molecule has 17 heavy (non-hydrogen) atoms. The molecule has 0 amide bonds. The van der Waals surface area contributed by atoms with Gasteiger partial charge in [-0.3, -0.25) is 0 Å². The van der Waals surface area contributed by atoms with Gasteiger partial charge in [-0.1, -0.05) is 32.1 Å². The molecule has 0 bridgehead atoms. The Morgan fingerprint density at radius 1 is 0.882 bits per heavy atom. The van der Waals surface area contributed by atoms with E-state index in [4.69, 9.17) is 4.74 Å². The van der Waals surface area contributed by atoms with Gasteiger partial charge < -0.3 is 15.4 Å². The van der Waals surface area contributed by atoms with Crippen LogP contribution in [0.2, 0.25) is 0 Å². The molecule has 3 nitrogen and oxygen atoms in total. The lowest BCUT2D eigenvalue weighted by Crippen LogP contribution is -2.32. The molecule has 0 aromatic rings. The Morgan fingerprint density at radius 2 is 1.53 bits per heavy atom. The van der Waals surface area contributed by atoms with Crippen molar-refractivity contribution >= 4 is 0 Å². The molecule has 1 saturated carbocycles. The molecule has 1 aliphatic rings. The molecule has 3 heteroatoms. The van der Waals surface area contributed by atoms with Crippen molar-refractivity contribution in [3.63, 3.8) is 0 Å². The summed E-state index contributed by atoms with van der Waals surface area (Å²) >= 11 is 0. The Morgan fingerprint density at radius 3 is 2.24 bits per heavy atom. The minimum atomic E-state index is 0.808. The average Bonchev–Trinajstić information content (AvgIpc) is 2.30.